The highest BCUT2D eigenvalue weighted by molar-refractivity contribution is 5.18. The van der Waals surface area contributed by atoms with Crippen LogP contribution in [0.2, 0.25) is 0 Å². The lowest BCUT2D eigenvalue weighted by Gasteiger charge is -2.40. The molecule has 0 aromatic carbocycles. The third-order valence-electron chi connectivity index (χ3n) is 4.94. The van der Waals surface area contributed by atoms with Crippen LogP contribution < -0.4 is 5.32 Å². The van der Waals surface area contributed by atoms with Crippen LogP contribution in [-0.2, 0) is 18.5 Å². The summed E-state index contributed by atoms with van der Waals surface area (Å²) in [5.74, 6) is 0. The van der Waals surface area contributed by atoms with Gasteiger partial charge in [-0.3, -0.25) is 9.58 Å². The molecule has 3 rings (SSSR count). The summed E-state index contributed by atoms with van der Waals surface area (Å²) in [6.07, 6.45) is 2.67. The van der Waals surface area contributed by atoms with Crippen molar-refractivity contribution in [2.45, 2.75) is 59.0 Å². The minimum atomic E-state index is 0.147. The quantitative estimate of drug-likeness (QED) is 0.908. The van der Waals surface area contributed by atoms with Gasteiger partial charge in [-0.15, -0.1) is 0 Å². The summed E-state index contributed by atoms with van der Waals surface area (Å²) in [4.78, 5) is 2.62. The molecule has 4 heteroatoms. The van der Waals surface area contributed by atoms with Gasteiger partial charge in [0, 0.05) is 31.6 Å². The van der Waals surface area contributed by atoms with Crippen molar-refractivity contribution in [2.75, 3.05) is 26.2 Å². The van der Waals surface area contributed by atoms with Gasteiger partial charge in [-0.05, 0) is 30.9 Å². The van der Waals surface area contributed by atoms with E-state index in [1.165, 1.54) is 37.3 Å². The minimum absolute atomic E-state index is 0.147. The van der Waals surface area contributed by atoms with E-state index in [0.717, 1.165) is 26.2 Å². The van der Waals surface area contributed by atoms with Crippen LogP contribution in [0.25, 0.3) is 0 Å². The molecule has 0 radical (unpaired) electrons. The van der Waals surface area contributed by atoms with Gasteiger partial charge in [-0.1, -0.05) is 27.7 Å². The molecule has 0 spiro atoms. The molecule has 1 atom stereocenters. The molecular weight excluding hydrogens is 260 g/mol. The van der Waals surface area contributed by atoms with Crippen LogP contribution >= 0.6 is 0 Å². The van der Waals surface area contributed by atoms with Crippen LogP contribution in [0.15, 0.2) is 6.07 Å². The lowest BCUT2D eigenvalue weighted by Crippen LogP contribution is -2.47. The Hall–Kier alpha value is -0.870. The van der Waals surface area contributed by atoms with Gasteiger partial charge < -0.3 is 5.32 Å². The fourth-order valence-corrected chi connectivity index (χ4v) is 3.62. The van der Waals surface area contributed by atoms with Crippen molar-refractivity contribution >= 4 is 0 Å². The van der Waals surface area contributed by atoms with E-state index in [0.29, 0.717) is 5.41 Å². The van der Waals surface area contributed by atoms with Gasteiger partial charge in [0.2, 0.25) is 0 Å². The van der Waals surface area contributed by atoms with Gasteiger partial charge in [0.05, 0.1) is 17.9 Å². The van der Waals surface area contributed by atoms with E-state index >= 15 is 0 Å². The zero-order chi connectivity index (χ0) is 15.1. The summed E-state index contributed by atoms with van der Waals surface area (Å²) in [5.41, 5.74) is 3.20. The van der Waals surface area contributed by atoms with Crippen molar-refractivity contribution in [2.24, 2.45) is 5.41 Å². The Bertz CT molecular complexity index is 491. The molecule has 21 heavy (non-hydrogen) atoms. The first-order valence-electron chi connectivity index (χ1n) is 8.36. The number of fused-ring (bicyclic) bond motifs is 1. The molecule has 1 N–H and O–H groups in total. The monoisotopic (exact) mass is 290 g/mol. The van der Waals surface area contributed by atoms with Crippen LogP contribution in [0.5, 0.6) is 0 Å². The fraction of sp³-hybridized carbons (Fsp3) is 0.824. The van der Waals surface area contributed by atoms with E-state index in [4.69, 9.17) is 5.10 Å². The summed E-state index contributed by atoms with van der Waals surface area (Å²) in [6.45, 7) is 16.0. The average molecular weight is 290 g/mol. The Kier molecular flexibility index (Phi) is 3.87. The fourth-order valence-electron chi connectivity index (χ4n) is 3.62. The zero-order valence-electron chi connectivity index (χ0n) is 14.1. The number of nitrogens with zero attached hydrogens (tertiary/aromatic N) is 3. The third-order valence-corrected chi connectivity index (χ3v) is 4.94. The maximum absolute atomic E-state index is 4.80. The molecule has 2 aliphatic rings. The van der Waals surface area contributed by atoms with Crippen molar-refractivity contribution in [1.29, 1.82) is 0 Å². The second-order valence-corrected chi connectivity index (χ2v) is 8.30. The van der Waals surface area contributed by atoms with Crippen LogP contribution in [-0.4, -0.2) is 40.9 Å². The molecule has 118 valence electrons. The standard InChI is InChI=1S/C17H30N4/c1-16(2,3)15-10-14-11-20(8-9-21(14)19-15)13-17(4)6-5-7-18-12-17/h10,18H,5-9,11-13H2,1-4H3. The normalized spacial score (nSPS) is 27.6. The molecule has 0 saturated carbocycles. The van der Waals surface area contributed by atoms with Crippen LogP contribution in [0.3, 0.4) is 0 Å². The number of hydrogen-bond donors (Lipinski definition) is 1. The molecule has 0 amide bonds. The van der Waals surface area contributed by atoms with Crippen LogP contribution in [0.1, 0.15) is 51.9 Å². The highest BCUT2D eigenvalue weighted by Crippen LogP contribution is 2.29. The molecule has 1 aromatic heterocycles. The Morgan fingerprint density at radius 3 is 2.81 bits per heavy atom. The topological polar surface area (TPSA) is 33.1 Å². The van der Waals surface area contributed by atoms with E-state index in [1.54, 1.807) is 0 Å². The number of aromatic nitrogens is 2. The Morgan fingerprint density at radius 2 is 2.14 bits per heavy atom. The van der Waals surface area contributed by atoms with Gasteiger partial charge in [0.15, 0.2) is 0 Å². The summed E-state index contributed by atoms with van der Waals surface area (Å²) >= 11 is 0. The molecular formula is C17H30N4. The Balaban J connectivity index is 1.68. The van der Waals surface area contributed by atoms with Crippen molar-refractivity contribution in [3.8, 4) is 0 Å². The molecule has 0 aliphatic carbocycles. The van der Waals surface area contributed by atoms with Crippen molar-refractivity contribution in [3.05, 3.63) is 17.5 Å². The largest absolute Gasteiger partial charge is 0.316 e. The number of nitrogens with one attached hydrogen (secondary N) is 1. The van der Waals surface area contributed by atoms with E-state index in [9.17, 15) is 0 Å². The SMILES string of the molecule is CC1(CN2CCn3nc(C(C)(C)C)cc3C2)CCCNC1. The molecule has 0 bridgehead atoms. The average Bonchev–Trinajstić information content (AvgIpc) is 2.82. The summed E-state index contributed by atoms with van der Waals surface area (Å²) < 4.78 is 2.22. The van der Waals surface area contributed by atoms with E-state index < -0.39 is 0 Å². The first kappa shape index (κ1) is 15.0. The molecule has 1 unspecified atom stereocenters. The zero-order valence-corrected chi connectivity index (χ0v) is 14.1. The highest BCUT2D eigenvalue weighted by atomic mass is 15.3. The molecule has 1 aromatic rings. The van der Waals surface area contributed by atoms with Crippen LogP contribution in [0, 0.1) is 5.41 Å². The molecule has 3 heterocycles. The molecule has 4 nitrogen and oxygen atoms in total. The minimum Gasteiger partial charge on any atom is -0.316 e. The van der Waals surface area contributed by atoms with Gasteiger partial charge in [0.1, 0.15) is 0 Å². The number of piperidine rings is 1. The third kappa shape index (κ3) is 3.32. The van der Waals surface area contributed by atoms with Gasteiger partial charge in [0.25, 0.3) is 0 Å². The lowest BCUT2D eigenvalue weighted by atomic mass is 9.82. The van der Waals surface area contributed by atoms with Crippen molar-refractivity contribution in [3.63, 3.8) is 0 Å². The maximum atomic E-state index is 4.80. The highest BCUT2D eigenvalue weighted by Gasteiger charge is 2.31. The first-order chi connectivity index (χ1) is 9.86. The summed E-state index contributed by atoms with van der Waals surface area (Å²) in [7, 11) is 0. The first-order valence-corrected chi connectivity index (χ1v) is 8.36. The molecule has 1 fully saturated rings. The predicted octanol–water partition coefficient (Wildman–Crippen LogP) is 2.39. The van der Waals surface area contributed by atoms with E-state index in [2.05, 4.69) is 48.7 Å². The van der Waals surface area contributed by atoms with Crippen molar-refractivity contribution < 1.29 is 0 Å². The summed E-state index contributed by atoms with van der Waals surface area (Å²) in [5, 5.41) is 8.36. The van der Waals surface area contributed by atoms with Gasteiger partial charge in [-0.2, -0.15) is 5.10 Å². The lowest BCUT2D eigenvalue weighted by molar-refractivity contribution is 0.109. The summed E-state index contributed by atoms with van der Waals surface area (Å²) in [6, 6.07) is 2.31. The smallest absolute Gasteiger partial charge is 0.0681 e. The van der Waals surface area contributed by atoms with Crippen LogP contribution in [0.4, 0.5) is 0 Å². The molecule has 2 aliphatic heterocycles. The van der Waals surface area contributed by atoms with E-state index in [-0.39, 0.29) is 5.41 Å². The van der Waals surface area contributed by atoms with Crippen molar-refractivity contribution in [1.82, 2.24) is 20.0 Å². The second kappa shape index (κ2) is 5.40. The maximum Gasteiger partial charge on any atom is 0.0681 e. The second-order valence-electron chi connectivity index (χ2n) is 8.30. The Morgan fingerprint density at radius 1 is 1.33 bits per heavy atom. The van der Waals surface area contributed by atoms with E-state index in [1.807, 2.05) is 0 Å². The van der Waals surface area contributed by atoms with Gasteiger partial charge in [-0.25, -0.2) is 0 Å². The predicted molar refractivity (Wildman–Crippen MR) is 86.4 cm³/mol. The number of hydrogen-bond acceptors (Lipinski definition) is 3. The number of rotatable bonds is 2. The Labute approximate surface area is 128 Å². The molecule has 1 saturated heterocycles. The van der Waals surface area contributed by atoms with Gasteiger partial charge >= 0.3 is 0 Å².